The molecule has 1 aromatic carbocycles. The van der Waals surface area contributed by atoms with Crippen LogP contribution in [-0.2, 0) is 9.53 Å². The molecule has 1 saturated carbocycles. The molecule has 1 aliphatic carbocycles. The second kappa shape index (κ2) is 7.81. The number of esters is 1. The molecule has 0 spiro atoms. The number of hydrogen-bond acceptors (Lipinski definition) is 5. The number of aromatic hydroxyl groups is 1. The van der Waals surface area contributed by atoms with Crippen molar-refractivity contribution in [3.8, 4) is 5.75 Å². The van der Waals surface area contributed by atoms with E-state index in [0.717, 1.165) is 31.2 Å². The van der Waals surface area contributed by atoms with E-state index < -0.39 is 24.0 Å². The van der Waals surface area contributed by atoms with Gasteiger partial charge in [-0.1, -0.05) is 24.5 Å². The highest BCUT2D eigenvalue weighted by atomic mass is 16.5. The van der Waals surface area contributed by atoms with Gasteiger partial charge in [0.25, 0.3) is 5.91 Å². The molecule has 2 rings (SSSR count). The normalized spacial score (nSPS) is 15.6. The molecule has 0 unspecified atom stereocenters. The Bertz CT molecular complexity index is 638. The van der Waals surface area contributed by atoms with Crippen LogP contribution in [0.5, 0.6) is 5.75 Å². The lowest BCUT2D eigenvalue weighted by molar-refractivity contribution is -0.127. The fourth-order valence-corrected chi connectivity index (χ4v) is 2.60. The van der Waals surface area contributed by atoms with Crippen molar-refractivity contribution in [2.45, 2.75) is 51.7 Å². The summed E-state index contributed by atoms with van der Waals surface area (Å²) in [6.45, 7) is 3.13. The standard InChI is InChI=1S/C17H22N2O5/c1-10-7-8-14(20)13(9-10)16(22)24-11(2)15(21)19-17(23)18-12-5-3-4-6-12/h7-9,11-12,20H,3-6H2,1-2H3,(H2,18,19,21,23)/t11-/m1/s1. The van der Waals surface area contributed by atoms with Crippen LogP contribution >= 0.6 is 0 Å². The number of amides is 3. The monoisotopic (exact) mass is 334 g/mol. The van der Waals surface area contributed by atoms with Crippen molar-refractivity contribution >= 4 is 17.9 Å². The first kappa shape index (κ1) is 17.8. The zero-order valence-electron chi connectivity index (χ0n) is 13.8. The van der Waals surface area contributed by atoms with Crippen molar-refractivity contribution in [1.29, 1.82) is 0 Å². The quantitative estimate of drug-likeness (QED) is 0.731. The van der Waals surface area contributed by atoms with Crippen LogP contribution in [0.1, 0.15) is 48.5 Å². The molecule has 0 aliphatic heterocycles. The maximum atomic E-state index is 12.0. The maximum Gasteiger partial charge on any atom is 0.342 e. The summed E-state index contributed by atoms with van der Waals surface area (Å²) in [6, 6.07) is 3.99. The third kappa shape index (κ3) is 4.71. The van der Waals surface area contributed by atoms with Crippen LogP contribution in [-0.4, -0.2) is 35.2 Å². The van der Waals surface area contributed by atoms with E-state index in [1.165, 1.54) is 19.1 Å². The van der Waals surface area contributed by atoms with Gasteiger partial charge in [0.15, 0.2) is 6.10 Å². The van der Waals surface area contributed by atoms with Gasteiger partial charge in [-0.3, -0.25) is 10.1 Å². The number of nitrogens with one attached hydrogen (secondary N) is 2. The lowest BCUT2D eigenvalue weighted by Crippen LogP contribution is -2.47. The van der Waals surface area contributed by atoms with E-state index in [4.69, 9.17) is 4.74 Å². The van der Waals surface area contributed by atoms with Gasteiger partial charge < -0.3 is 15.2 Å². The van der Waals surface area contributed by atoms with Crippen molar-refractivity contribution in [1.82, 2.24) is 10.6 Å². The zero-order chi connectivity index (χ0) is 17.7. The van der Waals surface area contributed by atoms with Gasteiger partial charge >= 0.3 is 12.0 Å². The summed E-state index contributed by atoms with van der Waals surface area (Å²) in [7, 11) is 0. The molecular formula is C17H22N2O5. The highest BCUT2D eigenvalue weighted by molar-refractivity contribution is 5.99. The van der Waals surface area contributed by atoms with Crippen LogP contribution in [0.4, 0.5) is 4.79 Å². The summed E-state index contributed by atoms with van der Waals surface area (Å²) >= 11 is 0. The van der Waals surface area contributed by atoms with Crippen LogP contribution in [0.15, 0.2) is 18.2 Å². The molecule has 3 amide bonds. The summed E-state index contributed by atoms with van der Waals surface area (Å²) in [6.07, 6.45) is 2.77. The highest BCUT2D eigenvalue weighted by Crippen LogP contribution is 2.20. The van der Waals surface area contributed by atoms with Crippen molar-refractivity contribution in [3.63, 3.8) is 0 Å². The molecule has 1 aliphatic rings. The second-order valence-corrected chi connectivity index (χ2v) is 6.01. The van der Waals surface area contributed by atoms with Crippen LogP contribution in [0, 0.1) is 6.92 Å². The Hall–Kier alpha value is -2.57. The van der Waals surface area contributed by atoms with Gasteiger partial charge in [0.1, 0.15) is 11.3 Å². The summed E-state index contributed by atoms with van der Waals surface area (Å²) < 4.78 is 5.01. The largest absolute Gasteiger partial charge is 0.507 e. The Morgan fingerprint density at radius 1 is 1.25 bits per heavy atom. The van der Waals surface area contributed by atoms with Gasteiger partial charge in [-0.2, -0.15) is 0 Å². The number of urea groups is 1. The molecular weight excluding hydrogens is 312 g/mol. The predicted molar refractivity (Wildman–Crippen MR) is 86.7 cm³/mol. The van der Waals surface area contributed by atoms with E-state index in [0.29, 0.717) is 0 Å². The average molecular weight is 334 g/mol. The lowest BCUT2D eigenvalue weighted by Gasteiger charge is -2.16. The molecule has 1 atom stereocenters. The molecule has 7 heteroatoms. The average Bonchev–Trinajstić information content (AvgIpc) is 3.02. The Kier molecular flexibility index (Phi) is 5.78. The molecule has 0 saturated heterocycles. The van der Waals surface area contributed by atoms with E-state index >= 15 is 0 Å². The third-order valence-corrected chi connectivity index (χ3v) is 3.95. The van der Waals surface area contributed by atoms with Gasteiger partial charge in [-0.25, -0.2) is 9.59 Å². The number of rotatable bonds is 4. The van der Waals surface area contributed by atoms with Crippen LogP contribution in [0.3, 0.4) is 0 Å². The summed E-state index contributed by atoms with van der Waals surface area (Å²) in [5.74, 6) is -1.77. The topological polar surface area (TPSA) is 105 Å². The molecule has 24 heavy (non-hydrogen) atoms. The third-order valence-electron chi connectivity index (χ3n) is 3.95. The predicted octanol–water partition coefficient (Wildman–Crippen LogP) is 2.01. The van der Waals surface area contributed by atoms with Gasteiger partial charge in [-0.05, 0) is 38.8 Å². The minimum atomic E-state index is -1.16. The zero-order valence-corrected chi connectivity index (χ0v) is 13.8. The first-order valence-electron chi connectivity index (χ1n) is 7.99. The molecule has 1 aromatic rings. The fraction of sp³-hybridized carbons (Fsp3) is 0.471. The lowest BCUT2D eigenvalue weighted by atomic mass is 10.1. The van der Waals surface area contributed by atoms with E-state index in [9.17, 15) is 19.5 Å². The Morgan fingerprint density at radius 2 is 1.92 bits per heavy atom. The maximum absolute atomic E-state index is 12.0. The van der Waals surface area contributed by atoms with Crippen molar-refractivity contribution in [2.24, 2.45) is 0 Å². The Morgan fingerprint density at radius 3 is 2.58 bits per heavy atom. The van der Waals surface area contributed by atoms with E-state index in [-0.39, 0.29) is 17.4 Å². The number of ether oxygens (including phenoxy) is 1. The molecule has 0 aromatic heterocycles. The fourth-order valence-electron chi connectivity index (χ4n) is 2.60. The van der Waals surface area contributed by atoms with Crippen molar-refractivity contribution in [3.05, 3.63) is 29.3 Å². The number of carbonyl (C=O) groups is 3. The van der Waals surface area contributed by atoms with Crippen molar-refractivity contribution in [2.75, 3.05) is 0 Å². The number of phenolic OH excluding ortho intramolecular Hbond substituents is 1. The van der Waals surface area contributed by atoms with Crippen LogP contribution in [0.25, 0.3) is 0 Å². The molecule has 7 nitrogen and oxygen atoms in total. The van der Waals surface area contributed by atoms with E-state index in [1.807, 2.05) is 0 Å². The molecule has 0 bridgehead atoms. The first-order valence-corrected chi connectivity index (χ1v) is 7.99. The van der Waals surface area contributed by atoms with Crippen molar-refractivity contribution < 1.29 is 24.2 Å². The van der Waals surface area contributed by atoms with Gasteiger partial charge in [-0.15, -0.1) is 0 Å². The van der Waals surface area contributed by atoms with E-state index in [1.54, 1.807) is 13.0 Å². The number of phenols is 1. The van der Waals surface area contributed by atoms with Gasteiger partial charge in [0, 0.05) is 6.04 Å². The number of carbonyl (C=O) groups excluding carboxylic acids is 3. The minimum absolute atomic E-state index is 0.0231. The smallest absolute Gasteiger partial charge is 0.342 e. The highest BCUT2D eigenvalue weighted by Gasteiger charge is 2.24. The molecule has 130 valence electrons. The molecule has 0 radical (unpaired) electrons. The molecule has 0 heterocycles. The number of aryl methyl sites for hydroxylation is 1. The molecule has 3 N–H and O–H groups in total. The molecule has 1 fully saturated rings. The van der Waals surface area contributed by atoms with Crippen LogP contribution < -0.4 is 10.6 Å². The summed E-state index contributed by atoms with van der Waals surface area (Å²) in [5, 5.41) is 14.6. The van der Waals surface area contributed by atoms with E-state index in [2.05, 4.69) is 10.6 Å². The van der Waals surface area contributed by atoms with Gasteiger partial charge in [0.2, 0.25) is 0 Å². The minimum Gasteiger partial charge on any atom is -0.507 e. The Balaban J connectivity index is 1.87. The van der Waals surface area contributed by atoms with Crippen LogP contribution in [0.2, 0.25) is 0 Å². The second-order valence-electron chi connectivity index (χ2n) is 6.01. The van der Waals surface area contributed by atoms with Gasteiger partial charge in [0.05, 0.1) is 0 Å². The summed E-state index contributed by atoms with van der Waals surface area (Å²) in [5.41, 5.74) is 0.748. The number of hydrogen-bond donors (Lipinski definition) is 3. The Labute approximate surface area is 140 Å². The number of imide groups is 1. The number of benzene rings is 1. The first-order chi connectivity index (χ1) is 11.4. The summed E-state index contributed by atoms with van der Waals surface area (Å²) in [4.78, 5) is 35.7. The SMILES string of the molecule is Cc1ccc(O)c(C(=O)O[C@H](C)C(=O)NC(=O)NC2CCCC2)c1.